The summed E-state index contributed by atoms with van der Waals surface area (Å²) in [5.41, 5.74) is 0. The summed E-state index contributed by atoms with van der Waals surface area (Å²) in [7, 11) is 3.95. The van der Waals surface area contributed by atoms with Crippen molar-refractivity contribution in [3.05, 3.63) is 0 Å². The van der Waals surface area contributed by atoms with Crippen molar-refractivity contribution in [2.75, 3.05) is 40.4 Å². The Morgan fingerprint density at radius 1 is 1.20 bits per heavy atom. The average Bonchev–Trinajstić information content (AvgIpc) is 1.98. The third-order valence-electron chi connectivity index (χ3n) is 1.51. The highest BCUT2D eigenvalue weighted by Gasteiger charge is 1.96. The molecule has 0 aromatic rings. The van der Waals surface area contributed by atoms with Gasteiger partial charge in [-0.3, -0.25) is 4.90 Å². The van der Waals surface area contributed by atoms with Crippen LogP contribution in [0.3, 0.4) is 0 Å². The predicted octanol–water partition coefficient (Wildman–Crippen LogP) is -0.295. The van der Waals surface area contributed by atoms with Crippen molar-refractivity contribution < 1.29 is 0 Å². The van der Waals surface area contributed by atoms with Crippen LogP contribution in [-0.2, 0) is 0 Å². The maximum absolute atomic E-state index is 3.13. The molecule has 0 atom stereocenters. The molecular weight excluding hydrogens is 126 g/mol. The molecule has 0 heterocycles. The third-order valence-corrected chi connectivity index (χ3v) is 1.51. The van der Waals surface area contributed by atoms with E-state index >= 15 is 0 Å². The predicted molar refractivity (Wildman–Crippen MR) is 45.1 cm³/mol. The van der Waals surface area contributed by atoms with E-state index < -0.39 is 0 Å². The number of rotatable bonds is 6. The van der Waals surface area contributed by atoms with E-state index in [1.54, 1.807) is 0 Å². The highest BCUT2D eigenvalue weighted by Crippen LogP contribution is 1.81. The normalized spacial score (nSPS) is 10.8. The minimum atomic E-state index is 0.984. The molecule has 3 nitrogen and oxygen atoms in total. The number of hydrogen-bond donors (Lipinski definition) is 2. The highest BCUT2D eigenvalue weighted by molar-refractivity contribution is 4.53. The first-order chi connectivity index (χ1) is 4.85. The molecule has 0 aliphatic carbocycles. The second-order valence-electron chi connectivity index (χ2n) is 2.33. The van der Waals surface area contributed by atoms with E-state index in [-0.39, 0.29) is 0 Å². The van der Waals surface area contributed by atoms with E-state index in [0.29, 0.717) is 0 Å². The fourth-order valence-corrected chi connectivity index (χ4v) is 0.842. The minimum Gasteiger partial charge on any atom is -0.318 e. The Labute approximate surface area is 63.8 Å². The van der Waals surface area contributed by atoms with Gasteiger partial charge in [0.15, 0.2) is 0 Å². The lowest BCUT2D eigenvalue weighted by atomic mass is 10.5. The Kier molecular flexibility index (Phi) is 6.91. The van der Waals surface area contributed by atoms with E-state index in [0.717, 1.165) is 26.3 Å². The van der Waals surface area contributed by atoms with Crippen molar-refractivity contribution >= 4 is 0 Å². The van der Waals surface area contributed by atoms with Crippen LogP contribution in [0.4, 0.5) is 0 Å². The molecule has 0 aliphatic rings. The Hall–Kier alpha value is -0.120. The van der Waals surface area contributed by atoms with Crippen molar-refractivity contribution in [2.24, 2.45) is 0 Å². The molecule has 0 spiro atoms. The van der Waals surface area contributed by atoms with E-state index in [1.165, 1.54) is 0 Å². The quantitative estimate of drug-likeness (QED) is 0.503. The minimum absolute atomic E-state index is 0.984. The Morgan fingerprint density at radius 3 is 2.30 bits per heavy atom. The molecule has 0 aromatic carbocycles. The molecular formula is C7H19N3. The summed E-state index contributed by atoms with van der Waals surface area (Å²) in [6, 6.07) is 0. The summed E-state index contributed by atoms with van der Waals surface area (Å²) < 4.78 is 0. The van der Waals surface area contributed by atoms with Crippen LogP contribution in [0.25, 0.3) is 0 Å². The Morgan fingerprint density at radius 2 is 1.90 bits per heavy atom. The molecule has 2 N–H and O–H groups in total. The lowest BCUT2D eigenvalue weighted by molar-refractivity contribution is 0.275. The maximum atomic E-state index is 3.13. The van der Waals surface area contributed by atoms with Crippen LogP contribution in [0.5, 0.6) is 0 Å². The van der Waals surface area contributed by atoms with Crippen LogP contribution in [0.1, 0.15) is 6.92 Å². The summed E-state index contributed by atoms with van der Waals surface area (Å²) in [5.74, 6) is 0. The summed E-state index contributed by atoms with van der Waals surface area (Å²) in [4.78, 5) is 2.34. The van der Waals surface area contributed by atoms with Crippen LogP contribution in [0.2, 0.25) is 0 Å². The van der Waals surface area contributed by atoms with Crippen molar-refractivity contribution in [1.82, 2.24) is 15.5 Å². The van der Waals surface area contributed by atoms with Gasteiger partial charge in [0, 0.05) is 19.8 Å². The summed E-state index contributed by atoms with van der Waals surface area (Å²) in [6.07, 6.45) is 0. The zero-order chi connectivity index (χ0) is 7.82. The van der Waals surface area contributed by atoms with E-state index in [4.69, 9.17) is 0 Å². The van der Waals surface area contributed by atoms with Crippen LogP contribution >= 0.6 is 0 Å². The summed E-state index contributed by atoms with van der Waals surface area (Å²) >= 11 is 0. The van der Waals surface area contributed by atoms with E-state index in [9.17, 15) is 0 Å². The first-order valence-corrected chi connectivity index (χ1v) is 3.86. The fraction of sp³-hybridized carbons (Fsp3) is 1.00. The molecule has 3 heteroatoms. The molecule has 0 saturated carbocycles. The highest BCUT2D eigenvalue weighted by atomic mass is 15.2. The maximum Gasteiger partial charge on any atom is 0.0478 e. The largest absolute Gasteiger partial charge is 0.318 e. The van der Waals surface area contributed by atoms with Gasteiger partial charge in [0.1, 0.15) is 0 Å². The molecule has 0 aliphatic heterocycles. The molecule has 0 rings (SSSR count). The van der Waals surface area contributed by atoms with Crippen molar-refractivity contribution in [3.8, 4) is 0 Å². The number of nitrogens with one attached hydrogen (secondary N) is 2. The van der Waals surface area contributed by atoms with E-state index in [1.807, 2.05) is 14.1 Å². The van der Waals surface area contributed by atoms with Gasteiger partial charge >= 0.3 is 0 Å². The molecule has 62 valence electrons. The topological polar surface area (TPSA) is 27.3 Å². The Bertz CT molecular complexity index is 65.9. The van der Waals surface area contributed by atoms with Crippen LogP contribution in [-0.4, -0.2) is 45.3 Å². The van der Waals surface area contributed by atoms with Gasteiger partial charge in [0.2, 0.25) is 0 Å². The number of hydrogen-bond acceptors (Lipinski definition) is 3. The zero-order valence-corrected chi connectivity index (χ0v) is 7.28. The Balaban J connectivity index is 3.21. The van der Waals surface area contributed by atoms with Gasteiger partial charge in [-0.15, -0.1) is 0 Å². The zero-order valence-electron chi connectivity index (χ0n) is 7.28. The first kappa shape index (κ1) is 9.88. The first-order valence-electron chi connectivity index (χ1n) is 3.86. The molecule has 0 fully saturated rings. The second-order valence-corrected chi connectivity index (χ2v) is 2.33. The molecule has 0 bridgehead atoms. The molecule has 10 heavy (non-hydrogen) atoms. The van der Waals surface area contributed by atoms with Gasteiger partial charge in [-0.05, 0) is 20.6 Å². The summed E-state index contributed by atoms with van der Waals surface area (Å²) in [6.45, 7) is 6.46. The SMILES string of the molecule is CCN(CCNC)CNC. The standard InChI is InChI=1S/C7H19N3/c1-4-10(7-9-3)6-5-8-2/h8-9H,4-7H2,1-3H3. The van der Waals surface area contributed by atoms with Gasteiger partial charge in [-0.1, -0.05) is 6.92 Å². The fourth-order valence-electron chi connectivity index (χ4n) is 0.842. The monoisotopic (exact) mass is 145 g/mol. The molecule has 0 saturated heterocycles. The molecule has 0 amide bonds. The smallest absolute Gasteiger partial charge is 0.0478 e. The third kappa shape index (κ3) is 4.73. The van der Waals surface area contributed by atoms with Gasteiger partial charge in [0.25, 0.3) is 0 Å². The van der Waals surface area contributed by atoms with Gasteiger partial charge in [0.05, 0.1) is 0 Å². The van der Waals surface area contributed by atoms with Gasteiger partial charge in [-0.25, -0.2) is 0 Å². The lowest BCUT2D eigenvalue weighted by Gasteiger charge is -2.18. The van der Waals surface area contributed by atoms with Crippen LogP contribution in [0, 0.1) is 0 Å². The molecule has 0 aromatic heterocycles. The van der Waals surface area contributed by atoms with Crippen molar-refractivity contribution in [1.29, 1.82) is 0 Å². The number of likely N-dealkylation sites (N-methyl/N-ethyl adjacent to an activating group) is 2. The average molecular weight is 145 g/mol. The van der Waals surface area contributed by atoms with Crippen molar-refractivity contribution in [3.63, 3.8) is 0 Å². The van der Waals surface area contributed by atoms with Crippen LogP contribution < -0.4 is 10.6 Å². The van der Waals surface area contributed by atoms with Gasteiger partial charge in [-0.2, -0.15) is 0 Å². The molecule has 0 unspecified atom stereocenters. The van der Waals surface area contributed by atoms with Crippen LogP contribution in [0.15, 0.2) is 0 Å². The van der Waals surface area contributed by atoms with Gasteiger partial charge < -0.3 is 10.6 Å². The number of nitrogens with zero attached hydrogens (tertiary/aromatic N) is 1. The summed E-state index contributed by atoms with van der Waals surface area (Å²) in [5, 5.41) is 6.25. The van der Waals surface area contributed by atoms with Crippen molar-refractivity contribution in [2.45, 2.75) is 6.92 Å². The second kappa shape index (κ2) is 6.99. The van der Waals surface area contributed by atoms with E-state index in [2.05, 4.69) is 22.5 Å². The lowest BCUT2D eigenvalue weighted by Crippen LogP contribution is -2.36. The molecule has 0 radical (unpaired) electrons.